The third kappa shape index (κ3) is 5.67. The van der Waals surface area contributed by atoms with E-state index in [1.54, 1.807) is 0 Å². The van der Waals surface area contributed by atoms with E-state index in [0.717, 1.165) is 64.0 Å². The summed E-state index contributed by atoms with van der Waals surface area (Å²) in [5.41, 5.74) is -0.870. The first-order chi connectivity index (χ1) is 26.6. The van der Waals surface area contributed by atoms with Crippen molar-refractivity contribution in [3.63, 3.8) is 0 Å². The van der Waals surface area contributed by atoms with E-state index < -0.39 is 39.7 Å². The molecule has 1 heterocycles. The molecule has 3 aromatic rings. The zero-order chi connectivity index (χ0) is 39.3. The van der Waals surface area contributed by atoms with Gasteiger partial charge in [0.25, 0.3) is 0 Å². The molecule has 4 fully saturated rings. The Hall–Kier alpha value is -3.27. The number of aliphatic hydroxyl groups excluding tert-OH is 1. The second-order valence-corrected chi connectivity index (χ2v) is 18.8. The zero-order valence-electron chi connectivity index (χ0n) is 32.2. The van der Waals surface area contributed by atoms with Crippen LogP contribution in [0.4, 0.5) is 13.2 Å². The first-order valence-electron chi connectivity index (χ1n) is 20.5. The standard InChI is InChI=1S/C47H52ClF3N2O3/c1-42-18-15-36(54)28-44(42)21-22-46(37(29-44)41(55)33-9-6-10-34(27-33)47(49,50)51)38(42)16-19-43(2)39(46)17-20-45(43,56)30-52-23-25-53(26-24-52)40(31-7-4-3-5-8-31)32-11-13-35(48)14-12-32/h3-14,21-22,27,29,36,38-40,54,56H,15-20,23-26,28,30H2,1-2H3. The van der Waals surface area contributed by atoms with Crippen LogP contribution in [0.5, 0.6) is 0 Å². The van der Waals surface area contributed by atoms with E-state index in [0.29, 0.717) is 36.4 Å². The lowest BCUT2D eigenvalue weighted by atomic mass is 9.32. The number of allylic oxidation sites excluding steroid dienone is 4. The number of hydrogen-bond donors (Lipinski definition) is 2. The summed E-state index contributed by atoms with van der Waals surface area (Å²) < 4.78 is 41.8. The minimum absolute atomic E-state index is 0.0421. The van der Waals surface area contributed by atoms with E-state index in [9.17, 15) is 28.2 Å². The maximum atomic E-state index is 14.8. The van der Waals surface area contributed by atoms with Gasteiger partial charge >= 0.3 is 6.18 Å². The van der Waals surface area contributed by atoms with Crippen molar-refractivity contribution in [2.24, 2.45) is 33.5 Å². The Morgan fingerprint density at radius 2 is 1.50 bits per heavy atom. The van der Waals surface area contributed by atoms with Crippen molar-refractivity contribution in [1.29, 1.82) is 0 Å². The number of piperazine rings is 1. The molecule has 7 aliphatic rings. The normalized spacial score (nSPS) is 37.4. The van der Waals surface area contributed by atoms with E-state index in [4.69, 9.17) is 11.6 Å². The van der Waals surface area contributed by atoms with Crippen LogP contribution in [0.25, 0.3) is 0 Å². The predicted molar refractivity (Wildman–Crippen MR) is 212 cm³/mol. The highest BCUT2D eigenvalue weighted by atomic mass is 35.5. The second-order valence-electron chi connectivity index (χ2n) is 18.4. The monoisotopic (exact) mass is 784 g/mol. The molecule has 0 amide bonds. The minimum atomic E-state index is -4.57. The van der Waals surface area contributed by atoms with Gasteiger partial charge in [-0.05, 0) is 97.6 Å². The molecule has 296 valence electrons. The largest absolute Gasteiger partial charge is 0.416 e. The topological polar surface area (TPSA) is 64.0 Å². The molecule has 2 N–H and O–H groups in total. The summed E-state index contributed by atoms with van der Waals surface area (Å²) in [6.45, 7) is 8.34. The molecule has 0 aromatic heterocycles. The van der Waals surface area contributed by atoms with E-state index in [-0.39, 0.29) is 34.6 Å². The first-order valence-corrected chi connectivity index (χ1v) is 20.8. The van der Waals surface area contributed by atoms with Crippen LogP contribution in [-0.2, 0) is 6.18 Å². The molecule has 1 saturated heterocycles. The number of nitrogens with zero attached hydrogens (tertiary/aromatic N) is 2. The van der Waals surface area contributed by atoms with Gasteiger partial charge < -0.3 is 10.2 Å². The van der Waals surface area contributed by atoms with Gasteiger partial charge in [-0.3, -0.25) is 14.6 Å². The SMILES string of the molecule is CC12CCC(O)CC13C=CC1(C(C(=O)c4cccc(C(F)(F)F)c4)=C3)C2CCC2(C)C1CCC2(O)CN1CCN(C(c2ccccc2)c2ccc(Cl)cc2)CC1. The average molecular weight is 785 g/mol. The van der Waals surface area contributed by atoms with Gasteiger partial charge in [-0.15, -0.1) is 0 Å². The Labute approximate surface area is 333 Å². The second kappa shape index (κ2) is 13.4. The number of hydrogen-bond acceptors (Lipinski definition) is 5. The van der Waals surface area contributed by atoms with Crippen molar-refractivity contribution in [2.45, 2.75) is 82.7 Å². The Bertz CT molecular complexity index is 2060. The number of β-amino-alcohol motifs (C(OH)–C–C–N with tert-alkyl or cyclic N) is 1. The van der Waals surface area contributed by atoms with Crippen LogP contribution in [0.15, 0.2) is 103 Å². The lowest BCUT2D eigenvalue weighted by molar-refractivity contribution is -0.177. The van der Waals surface area contributed by atoms with Crippen molar-refractivity contribution in [2.75, 3.05) is 32.7 Å². The number of benzene rings is 3. The van der Waals surface area contributed by atoms with Gasteiger partial charge in [0, 0.05) is 65.1 Å². The fraction of sp³-hybridized carbons (Fsp3) is 0.511. The molecule has 9 atom stereocenters. The highest BCUT2D eigenvalue weighted by molar-refractivity contribution is 6.30. The molecule has 3 aromatic carbocycles. The summed E-state index contributed by atoms with van der Waals surface area (Å²) in [4.78, 5) is 19.8. The molecular formula is C47H52ClF3N2O3. The quantitative estimate of drug-likeness (QED) is 0.185. The van der Waals surface area contributed by atoms with Crippen molar-refractivity contribution < 1.29 is 28.2 Å². The summed E-state index contributed by atoms with van der Waals surface area (Å²) in [5.74, 6) is -0.378. The highest BCUT2D eigenvalue weighted by Gasteiger charge is 2.74. The van der Waals surface area contributed by atoms with Gasteiger partial charge in [0.05, 0.1) is 23.3 Å². The molecule has 56 heavy (non-hydrogen) atoms. The van der Waals surface area contributed by atoms with Crippen LogP contribution in [0.2, 0.25) is 5.02 Å². The van der Waals surface area contributed by atoms with Crippen LogP contribution in [0.3, 0.4) is 0 Å². The molecule has 2 bridgehead atoms. The Morgan fingerprint density at radius 1 is 0.839 bits per heavy atom. The number of fused-ring (bicyclic) bond motifs is 1. The number of Topliss-reactive ketones (excluding diaryl/α,β-unsaturated/α-hetero) is 1. The molecule has 5 nitrogen and oxygen atoms in total. The van der Waals surface area contributed by atoms with Gasteiger partial charge in [-0.2, -0.15) is 13.2 Å². The number of rotatable bonds is 7. The van der Waals surface area contributed by atoms with Gasteiger partial charge in [-0.25, -0.2) is 0 Å². The fourth-order valence-corrected chi connectivity index (χ4v) is 13.2. The van der Waals surface area contributed by atoms with E-state index in [1.807, 2.05) is 18.2 Å². The van der Waals surface area contributed by atoms with Crippen LogP contribution in [-0.4, -0.2) is 70.2 Å². The number of aliphatic hydroxyl groups is 2. The number of halogens is 4. The molecule has 0 radical (unpaired) electrons. The van der Waals surface area contributed by atoms with E-state index >= 15 is 0 Å². The highest BCUT2D eigenvalue weighted by Crippen LogP contribution is 2.78. The van der Waals surface area contributed by atoms with Crippen LogP contribution in [0.1, 0.15) is 91.9 Å². The van der Waals surface area contributed by atoms with E-state index in [2.05, 4.69) is 78.3 Å². The average Bonchev–Trinajstić information content (AvgIpc) is 3.45. The van der Waals surface area contributed by atoms with Crippen molar-refractivity contribution in [1.82, 2.24) is 9.80 Å². The maximum Gasteiger partial charge on any atom is 0.416 e. The summed E-state index contributed by atoms with van der Waals surface area (Å²) in [7, 11) is 0. The summed E-state index contributed by atoms with van der Waals surface area (Å²) in [6.07, 6.45) is 6.36. The van der Waals surface area contributed by atoms with Crippen LogP contribution < -0.4 is 0 Å². The molecular weight excluding hydrogens is 733 g/mol. The third-order valence-electron chi connectivity index (χ3n) is 16.0. The van der Waals surface area contributed by atoms with Crippen molar-refractivity contribution >= 4 is 17.4 Å². The molecule has 6 aliphatic carbocycles. The molecule has 2 spiro atoms. The van der Waals surface area contributed by atoms with Crippen LogP contribution >= 0.6 is 11.6 Å². The molecule has 9 heteroatoms. The molecule has 9 unspecified atom stereocenters. The van der Waals surface area contributed by atoms with E-state index in [1.165, 1.54) is 23.3 Å². The third-order valence-corrected chi connectivity index (χ3v) is 16.2. The first kappa shape index (κ1) is 38.3. The van der Waals surface area contributed by atoms with Crippen LogP contribution in [0, 0.1) is 33.5 Å². The maximum absolute atomic E-state index is 14.8. The molecule has 10 rings (SSSR count). The fourth-order valence-electron chi connectivity index (χ4n) is 13.0. The Balaban J connectivity index is 1.02. The smallest absolute Gasteiger partial charge is 0.393 e. The zero-order valence-corrected chi connectivity index (χ0v) is 33.0. The number of alkyl halides is 3. The predicted octanol–water partition coefficient (Wildman–Crippen LogP) is 9.54. The molecule has 1 aliphatic heterocycles. The minimum Gasteiger partial charge on any atom is -0.393 e. The van der Waals surface area contributed by atoms with Gasteiger partial charge in [0.15, 0.2) is 5.78 Å². The lowest BCUT2D eigenvalue weighted by Gasteiger charge is -2.71. The summed E-state index contributed by atoms with van der Waals surface area (Å²) in [5, 5.41) is 24.7. The number of carbonyl (C=O) groups excluding carboxylic acids is 1. The van der Waals surface area contributed by atoms with Gasteiger partial charge in [-0.1, -0.05) is 98.3 Å². The van der Waals surface area contributed by atoms with Gasteiger partial charge in [0.2, 0.25) is 0 Å². The Kier molecular flexibility index (Phi) is 9.14. The summed E-state index contributed by atoms with van der Waals surface area (Å²) in [6, 6.07) is 23.6. The molecule has 3 saturated carbocycles. The van der Waals surface area contributed by atoms with Crippen molar-refractivity contribution in [3.05, 3.63) is 130 Å². The van der Waals surface area contributed by atoms with Gasteiger partial charge in [0.1, 0.15) is 0 Å². The van der Waals surface area contributed by atoms with Crippen molar-refractivity contribution in [3.8, 4) is 0 Å². The lowest BCUT2D eigenvalue weighted by Crippen LogP contribution is -2.67. The number of carbonyl (C=O) groups is 1. The Morgan fingerprint density at radius 3 is 2.21 bits per heavy atom. The summed E-state index contributed by atoms with van der Waals surface area (Å²) >= 11 is 6.28. The number of ketones is 1.